The van der Waals surface area contributed by atoms with Gasteiger partial charge in [0.1, 0.15) is 5.75 Å². The first kappa shape index (κ1) is 19.1. The number of aryl methyl sites for hydroxylation is 1. The van der Waals surface area contributed by atoms with E-state index in [-0.39, 0.29) is 18.7 Å². The molecule has 0 aliphatic carbocycles. The van der Waals surface area contributed by atoms with Crippen LogP contribution in [0.1, 0.15) is 43.9 Å². The van der Waals surface area contributed by atoms with E-state index in [2.05, 4.69) is 19.2 Å². The molecule has 5 nitrogen and oxygen atoms in total. The largest absolute Gasteiger partial charge is 0.497 e. The van der Waals surface area contributed by atoms with E-state index in [1.807, 2.05) is 42.5 Å². The van der Waals surface area contributed by atoms with E-state index in [0.717, 1.165) is 34.8 Å². The van der Waals surface area contributed by atoms with E-state index in [9.17, 15) is 4.79 Å². The van der Waals surface area contributed by atoms with Crippen molar-refractivity contribution in [3.8, 4) is 17.2 Å². The lowest BCUT2D eigenvalue weighted by Gasteiger charge is -2.21. The van der Waals surface area contributed by atoms with E-state index in [1.165, 1.54) is 0 Å². The fourth-order valence-corrected chi connectivity index (χ4v) is 3.21. The van der Waals surface area contributed by atoms with Crippen molar-refractivity contribution in [1.82, 2.24) is 5.32 Å². The number of ether oxygens (including phenoxy) is 3. The van der Waals surface area contributed by atoms with Crippen LogP contribution in [-0.4, -0.2) is 19.8 Å². The highest BCUT2D eigenvalue weighted by molar-refractivity contribution is 5.76. The molecule has 1 N–H and O–H groups in total. The predicted molar refractivity (Wildman–Crippen MR) is 104 cm³/mol. The third-order valence-corrected chi connectivity index (χ3v) is 4.64. The Morgan fingerprint density at radius 2 is 1.85 bits per heavy atom. The number of benzene rings is 2. The number of nitrogens with one attached hydrogen (secondary N) is 1. The second kappa shape index (κ2) is 8.80. The maximum atomic E-state index is 12.5. The summed E-state index contributed by atoms with van der Waals surface area (Å²) in [6.07, 6.45) is 1.99. The first-order valence-corrected chi connectivity index (χ1v) is 9.37. The summed E-state index contributed by atoms with van der Waals surface area (Å²) in [5.74, 6) is 2.86. The van der Waals surface area contributed by atoms with Crippen molar-refractivity contribution in [2.75, 3.05) is 13.9 Å². The van der Waals surface area contributed by atoms with Gasteiger partial charge in [0.05, 0.1) is 13.2 Å². The van der Waals surface area contributed by atoms with Gasteiger partial charge in [-0.15, -0.1) is 0 Å². The summed E-state index contributed by atoms with van der Waals surface area (Å²) in [5, 5.41) is 3.19. The molecule has 3 rings (SSSR count). The van der Waals surface area contributed by atoms with Crippen molar-refractivity contribution in [1.29, 1.82) is 0 Å². The molecule has 0 fully saturated rings. The molecule has 0 saturated heterocycles. The predicted octanol–water partition coefficient (Wildman–Crippen LogP) is 4.26. The Bertz CT molecular complexity index is 770. The molecule has 2 aromatic carbocycles. The molecule has 0 unspecified atom stereocenters. The molecular weight excluding hydrogens is 342 g/mol. The minimum Gasteiger partial charge on any atom is -0.497 e. The van der Waals surface area contributed by atoms with Crippen LogP contribution in [0.5, 0.6) is 17.2 Å². The van der Waals surface area contributed by atoms with Gasteiger partial charge in [0.25, 0.3) is 0 Å². The standard InChI is InChI=1S/C22H27NO4/c1-15(2)12-19(17-6-8-18(25-3)9-7-17)23-22(24)11-5-16-4-10-20-21(13-16)27-14-26-20/h4,6-10,13,15,19H,5,11-12,14H2,1-3H3,(H,23,24)/t19-/m1/s1. The van der Waals surface area contributed by atoms with E-state index in [4.69, 9.17) is 14.2 Å². The minimum atomic E-state index is 0.000148. The molecule has 1 atom stereocenters. The SMILES string of the molecule is COc1ccc([C@@H](CC(C)C)NC(=O)CCc2ccc3c(c2)OCO3)cc1. The van der Waals surface area contributed by atoms with Crippen molar-refractivity contribution < 1.29 is 19.0 Å². The molecule has 1 aliphatic heterocycles. The molecule has 1 amide bonds. The average molecular weight is 369 g/mol. The van der Waals surface area contributed by atoms with Crippen molar-refractivity contribution in [2.24, 2.45) is 5.92 Å². The van der Waals surface area contributed by atoms with Gasteiger partial charge in [0.15, 0.2) is 11.5 Å². The van der Waals surface area contributed by atoms with Crippen LogP contribution >= 0.6 is 0 Å². The molecule has 27 heavy (non-hydrogen) atoms. The van der Waals surface area contributed by atoms with Gasteiger partial charge >= 0.3 is 0 Å². The normalized spacial score (nSPS) is 13.5. The van der Waals surface area contributed by atoms with Gasteiger partial charge in [0, 0.05) is 6.42 Å². The molecule has 1 aliphatic rings. The minimum absolute atomic E-state index is 0.000148. The van der Waals surface area contributed by atoms with Gasteiger partial charge in [-0.25, -0.2) is 0 Å². The number of amides is 1. The zero-order valence-corrected chi connectivity index (χ0v) is 16.2. The van der Waals surface area contributed by atoms with Crippen LogP contribution in [0.4, 0.5) is 0 Å². The van der Waals surface area contributed by atoms with Crippen LogP contribution in [-0.2, 0) is 11.2 Å². The average Bonchev–Trinajstić information content (AvgIpc) is 3.13. The first-order chi connectivity index (χ1) is 13.0. The van der Waals surface area contributed by atoms with Gasteiger partial charge in [-0.05, 0) is 54.2 Å². The van der Waals surface area contributed by atoms with Crippen LogP contribution < -0.4 is 19.5 Å². The Morgan fingerprint density at radius 1 is 1.11 bits per heavy atom. The smallest absolute Gasteiger partial charge is 0.231 e. The van der Waals surface area contributed by atoms with Crippen LogP contribution in [0.2, 0.25) is 0 Å². The van der Waals surface area contributed by atoms with Crippen molar-refractivity contribution in [2.45, 2.75) is 39.2 Å². The molecule has 1 heterocycles. The van der Waals surface area contributed by atoms with Crippen LogP contribution in [0.3, 0.4) is 0 Å². The second-order valence-corrected chi connectivity index (χ2v) is 7.21. The summed E-state index contributed by atoms with van der Waals surface area (Å²) >= 11 is 0. The number of carbonyl (C=O) groups excluding carboxylic acids is 1. The highest BCUT2D eigenvalue weighted by Gasteiger charge is 2.17. The zero-order chi connectivity index (χ0) is 19.2. The lowest BCUT2D eigenvalue weighted by molar-refractivity contribution is -0.121. The Balaban J connectivity index is 1.60. The summed E-state index contributed by atoms with van der Waals surface area (Å²) in [6.45, 7) is 4.59. The summed E-state index contributed by atoms with van der Waals surface area (Å²) in [4.78, 5) is 12.5. The highest BCUT2D eigenvalue weighted by Crippen LogP contribution is 2.32. The maximum Gasteiger partial charge on any atom is 0.231 e. The molecule has 0 aromatic heterocycles. The number of methoxy groups -OCH3 is 1. The summed E-state index contributed by atoms with van der Waals surface area (Å²) < 4.78 is 15.9. The van der Waals surface area contributed by atoms with Crippen molar-refractivity contribution in [3.63, 3.8) is 0 Å². The van der Waals surface area contributed by atoms with Crippen LogP contribution in [0, 0.1) is 5.92 Å². The maximum absolute atomic E-state index is 12.5. The quantitative estimate of drug-likeness (QED) is 0.755. The Labute approximate surface area is 160 Å². The Morgan fingerprint density at radius 3 is 2.56 bits per heavy atom. The molecule has 5 heteroatoms. The monoisotopic (exact) mass is 369 g/mol. The molecule has 0 radical (unpaired) electrons. The van der Waals surface area contributed by atoms with E-state index < -0.39 is 0 Å². The zero-order valence-electron chi connectivity index (χ0n) is 16.2. The second-order valence-electron chi connectivity index (χ2n) is 7.21. The fourth-order valence-electron chi connectivity index (χ4n) is 3.21. The highest BCUT2D eigenvalue weighted by atomic mass is 16.7. The summed E-state index contributed by atoms with van der Waals surface area (Å²) in [5.41, 5.74) is 2.17. The Hall–Kier alpha value is -2.69. The first-order valence-electron chi connectivity index (χ1n) is 9.37. The van der Waals surface area contributed by atoms with Crippen LogP contribution in [0.15, 0.2) is 42.5 Å². The van der Waals surface area contributed by atoms with Gasteiger partial charge < -0.3 is 19.5 Å². The van der Waals surface area contributed by atoms with Crippen molar-refractivity contribution >= 4 is 5.91 Å². The molecule has 0 bridgehead atoms. The number of rotatable bonds is 8. The van der Waals surface area contributed by atoms with E-state index >= 15 is 0 Å². The van der Waals surface area contributed by atoms with E-state index in [1.54, 1.807) is 7.11 Å². The lowest BCUT2D eigenvalue weighted by Crippen LogP contribution is -2.29. The number of carbonyl (C=O) groups is 1. The summed E-state index contributed by atoms with van der Waals surface area (Å²) in [6, 6.07) is 13.7. The van der Waals surface area contributed by atoms with E-state index in [0.29, 0.717) is 18.8 Å². The number of fused-ring (bicyclic) bond motifs is 1. The molecule has 0 saturated carbocycles. The Kier molecular flexibility index (Phi) is 6.22. The summed E-state index contributed by atoms with van der Waals surface area (Å²) in [7, 11) is 1.65. The van der Waals surface area contributed by atoms with Gasteiger partial charge in [-0.2, -0.15) is 0 Å². The lowest BCUT2D eigenvalue weighted by atomic mass is 9.96. The fraction of sp³-hybridized carbons (Fsp3) is 0.409. The van der Waals surface area contributed by atoms with Gasteiger partial charge in [-0.3, -0.25) is 4.79 Å². The third kappa shape index (κ3) is 5.16. The molecule has 0 spiro atoms. The molecule has 144 valence electrons. The number of hydrogen-bond donors (Lipinski definition) is 1. The molecular formula is C22H27NO4. The topological polar surface area (TPSA) is 56.8 Å². The van der Waals surface area contributed by atoms with Gasteiger partial charge in [-0.1, -0.05) is 32.0 Å². The number of hydrogen-bond acceptors (Lipinski definition) is 4. The van der Waals surface area contributed by atoms with Crippen LogP contribution in [0.25, 0.3) is 0 Å². The van der Waals surface area contributed by atoms with Crippen molar-refractivity contribution in [3.05, 3.63) is 53.6 Å². The van der Waals surface area contributed by atoms with Gasteiger partial charge in [0.2, 0.25) is 12.7 Å². The molecule has 2 aromatic rings. The third-order valence-electron chi connectivity index (χ3n) is 4.64.